The van der Waals surface area contributed by atoms with Gasteiger partial charge in [0.25, 0.3) is 0 Å². The van der Waals surface area contributed by atoms with Crippen LogP contribution in [0.3, 0.4) is 0 Å². The first-order valence-corrected chi connectivity index (χ1v) is 7.36. The van der Waals surface area contributed by atoms with Gasteiger partial charge in [0.1, 0.15) is 0 Å². The van der Waals surface area contributed by atoms with E-state index in [1.54, 1.807) is 12.1 Å². The average molecular weight is 234 g/mol. The molecule has 1 aromatic carbocycles. The van der Waals surface area contributed by atoms with E-state index >= 15 is 0 Å². The van der Waals surface area contributed by atoms with Gasteiger partial charge in [-0.1, -0.05) is 12.1 Å². The molecular weight excluding hydrogens is 223 g/mol. The second-order valence-corrected chi connectivity index (χ2v) is 6.14. The Morgan fingerprint density at radius 1 is 1.29 bits per heavy atom. The van der Waals surface area contributed by atoms with Gasteiger partial charge in [0.2, 0.25) is 0 Å². The monoisotopic (exact) mass is 234 g/mol. The molecule has 0 heterocycles. The quantitative estimate of drug-likeness (QED) is 0.794. The van der Waals surface area contributed by atoms with E-state index in [0.717, 1.165) is 6.26 Å². The Labute approximate surface area is 83.4 Å². The van der Waals surface area contributed by atoms with Crippen LogP contribution in [0, 0.1) is 0 Å². The van der Waals surface area contributed by atoms with E-state index in [0.29, 0.717) is 5.56 Å². The van der Waals surface area contributed by atoms with Crippen LogP contribution in [-0.2, 0) is 20.6 Å². The molecule has 78 valence electrons. The van der Waals surface area contributed by atoms with Crippen molar-refractivity contribution in [1.82, 2.24) is 0 Å². The maximum absolute atomic E-state index is 11.1. The first kappa shape index (κ1) is 11.4. The van der Waals surface area contributed by atoms with Crippen LogP contribution in [-0.4, -0.2) is 19.6 Å². The van der Waals surface area contributed by atoms with Crippen LogP contribution in [0.15, 0.2) is 29.2 Å². The molecule has 0 radical (unpaired) electrons. The van der Waals surface area contributed by atoms with Crippen molar-refractivity contribution in [2.24, 2.45) is 0 Å². The summed E-state index contributed by atoms with van der Waals surface area (Å²) in [4.78, 5) is 8.88. The summed E-state index contributed by atoms with van der Waals surface area (Å²) < 4.78 is 32.6. The molecule has 0 aliphatic carbocycles. The van der Waals surface area contributed by atoms with Crippen molar-refractivity contribution >= 4 is 17.9 Å². The minimum Gasteiger partial charge on any atom is -0.346 e. The van der Waals surface area contributed by atoms with Gasteiger partial charge in [-0.2, -0.15) is 0 Å². The van der Waals surface area contributed by atoms with Crippen LogP contribution in [0.25, 0.3) is 0 Å². The average Bonchev–Trinajstić information content (AvgIpc) is 2.02. The Balaban J connectivity index is 2.95. The lowest BCUT2D eigenvalue weighted by atomic mass is 10.2. The molecule has 0 fully saturated rings. The van der Waals surface area contributed by atoms with E-state index in [2.05, 4.69) is 0 Å². The first-order chi connectivity index (χ1) is 6.39. The highest BCUT2D eigenvalue weighted by molar-refractivity contribution is 7.90. The Hall–Kier alpha value is -0.640. The molecule has 14 heavy (non-hydrogen) atoms. The third-order valence-electron chi connectivity index (χ3n) is 1.71. The predicted octanol–water partition coefficient (Wildman–Crippen LogP) is 1.06. The van der Waals surface area contributed by atoms with Crippen molar-refractivity contribution in [3.05, 3.63) is 29.8 Å². The van der Waals surface area contributed by atoms with Crippen molar-refractivity contribution in [3.63, 3.8) is 0 Å². The fraction of sp³-hybridized carbons (Fsp3) is 0.250. The van der Waals surface area contributed by atoms with Crippen molar-refractivity contribution in [2.45, 2.75) is 11.1 Å². The minimum absolute atomic E-state index is 0.0920. The van der Waals surface area contributed by atoms with E-state index < -0.39 is 17.9 Å². The van der Waals surface area contributed by atoms with Crippen molar-refractivity contribution in [2.75, 3.05) is 6.26 Å². The standard InChI is InChI=1S/C8H11O4PS/c1-14(11,12)8-4-2-7(3-5-8)6-13(9)10/h2-5,13H,6H2,1H3,(H,9,10). The van der Waals surface area contributed by atoms with Gasteiger partial charge in [0.05, 0.1) is 4.90 Å². The van der Waals surface area contributed by atoms with Gasteiger partial charge in [0.15, 0.2) is 17.9 Å². The highest BCUT2D eigenvalue weighted by Gasteiger charge is 2.06. The fourth-order valence-corrected chi connectivity index (χ4v) is 2.24. The SMILES string of the molecule is CS(=O)(=O)c1ccc(C[PH](=O)O)cc1. The van der Waals surface area contributed by atoms with Gasteiger partial charge in [-0.3, -0.25) is 4.57 Å². The normalized spacial score (nSPS) is 13.9. The van der Waals surface area contributed by atoms with E-state index in [9.17, 15) is 13.0 Å². The molecule has 1 atom stereocenters. The second-order valence-electron chi connectivity index (χ2n) is 2.99. The highest BCUT2D eigenvalue weighted by Crippen LogP contribution is 2.21. The molecule has 4 nitrogen and oxygen atoms in total. The summed E-state index contributed by atoms with van der Waals surface area (Å²) in [5, 5.41) is 0. The number of sulfone groups is 1. The van der Waals surface area contributed by atoms with Crippen LogP contribution in [0.1, 0.15) is 5.56 Å². The van der Waals surface area contributed by atoms with Gasteiger partial charge < -0.3 is 4.89 Å². The molecule has 0 aromatic heterocycles. The largest absolute Gasteiger partial charge is 0.346 e. The molecule has 1 rings (SSSR count). The van der Waals surface area contributed by atoms with Crippen LogP contribution in [0.2, 0.25) is 0 Å². The molecule has 6 heteroatoms. The lowest BCUT2D eigenvalue weighted by molar-refractivity contribution is 0.502. The molecular formula is C8H11O4PS. The zero-order valence-electron chi connectivity index (χ0n) is 7.60. The summed E-state index contributed by atoms with van der Waals surface area (Å²) in [5.74, 6) is 0. The van der Waals surface area contributed by atoms with Crippen LogP contribution in [0.5, 0.6) is 0 Å². The molecule has 0 aliphatic rings. The summed E-state index contributed by atoms with van der Waals surface area (Å²) in [6.07, 6.45) is 1.21. The number of hydrogen-bond donors (Lipinski definition) is 1. The molecule has 0 aliphatic heterocycles. The molecule has 0 saturated heterocycles. The summed E-state index contributed by atoms with van der Waals surface area (Å²) in [6, 6.07) is 5.98. The smallest absolute Gasteiger partial charge is 0.193 e. The Kier molecular flexibility index (Phi) is 3.48. The van der Waals surface area contributed by atoms with E-state index in [1.807, 2.05) is 0 Å². The topological polar surface area (TPSA) is 71.4 Å². The summed E-state index contributed by atoms with van der Waals surface area (Å²) >= 11 is 0. The number of hydrogen-bond acceptors (Lipinski definition) is 3. The predicted molar refractivity (Wildman–Crippen MR) is 54.5 cm³/mol. The van der Waals surface area contributed by atoms with Gasteiger partial charge in [0, 0.05) is 12.4 Å². The van der Waals surface area contributed by atoms with Gasteiger partial charge in [-0.15, -0.1) is 0 Å². The Morgan fingerprint density at radius 3 is 2.14 bits per heavy atom. The van der Waals surface area contributed by atoms with Crippen molar-refractivity contribution in [3.8, 4) is 0 Å². The van der Waals surface area contributed by atoms with E-state index in [-0.39, 0.29) is 11.1 Å². The fourth-order valence-electron chi connectivity index (χ4n) is 1.03. The number of rotatable bonds is 3. The third kappa shape index (κ3) is 3.25. The number of benzene rings is 1. The molecule has 1 N–H and O–H groups in total. The lowest BCUT2D eigenvalue weighted by Crippen LogP contribution is -1.96. The van der Waals surface area contributed by atoms with Crippen LogP contribution in [0.4, 0.5) is 0 Å². The van der Waals surface area contributed by atoms with Crippen LogP contribution < -0.4 is 0 Å². The summed E-state index contributed by atoms with van der Waals surface area (Å²) in [7, 11) is -5.71. The van der Waals surface area contributed by atoms with E-state index in [4.69, 9.17) is 4.89 Å². The lowest BCUT2D eigenvalue weighted by Gasteiger charge is -2.00. The Morgan fingerprint density at radius 2 is 1.79 bits per heavy atom. The zero-order chi connectivity index (χ0) is 10.8. The van der Waals surface area contributed by atoms with Gasteiger partial charge in [-0.05, 0) is 17.7 Å². The van der Waals surface area contributed by atoms with Crippen molar-refractivity contribution < 1.29 is 17.9 Å². The van der Waals surface area contributed by atoms with E-state index in [1.165, 1.54) is 12.1 Å². The van der Waals surface area contributed by atoms with Gasteiger partial charge in [-0.25, -0.2) is 8.42 Å². The molecule has 1 aromatic rings. The molecule has 0 bridgehead atoms. The minimum atomic E-state index is -3.18. The zero-order valence-corrected chi connectivity index (χ0v) is 9.41. The van der Waals surface area contributed by atoms with Crippen molar-refractivity contribution in [1.29, 1.82) is 0 Å². The molecule has 0 saturated carbocycles. The molecule has 1 unspecified atom stereocenters. The molecule has 0 amide bonds. The Bertz CT molecular complexity index is 435. The van der Waals surface area contributed by atoms with Gasteiger partial charge >= 0.3 is 0 Å². The second kappa shape index (κ2) is 4.26. The highest BCUT2D eigenvalue weighted by atomic mass is 32.2. The first-order valence-electron chi connectivity index (χ1n) is 3.90. The summed E-state index contributed by atoms with van der Waals surface area (Å²) in [5.41, 5.74) is 0.670. The molecule has 0 spiro atoms. The third-order valence-corrected chi connectivity index (χ3v) is 3.55. The maximum atomic E-state index is 11.1. The summed E-state index contributed by atoms with van der Waals surface area (Å²) in [6.45, 7) is 0. The maximum Gasteiger partial charge on any atom is 0.193 e. The van der Waals surface area contributed by atoms with Crippen LogP contribution >= 0.6 is 8.03 Å².